The Morgan fingerprint density at radius 1 is 1.58 bits per heavy atom. The van der Waals surface area contributed by atoms with Crippen molar-refractivity contribution in [3.8, 4) is 0 Å². The van der Waals surface area contributed by atoms with Crippen LogP contribution in [0.5, 0.6) is 0 Å². The van der Waals surface area contributed by atoms with Gasteiger partial charge >= 0.3 is 0 Å². The van der Waals surface area contributed by atoms with E-state index in [9.17, 15) is 0 Å². The summed E-state index contributed by atoms with van der Waals surface area (Å²) < 4.78 is 0. The van der Waals surface area contributed by atoms with Crippen LogP contribution in [-0.4, -0.2) is 11.5 Å². The van der Waals surface area contributed by atoms with E-state index in [4.69, 9.17) is 5.73 Å². The predicted molar refractivity (Wildman–Crippen MR) is 52.4 cm³/mol. The van der Waals surface area contributed by atoms with Crippen LogP contribution in [0.3, 0.4) is 0 Å². The first kappa shape index (κ1) is 9.23. The highest BCUT2D eigenvalue weighted by atomic mass is 15.2. The molecule has 1 saturated carbocycles. The molecule has 0 aromatic rings. The minimum absolute atomic E-state index is 0.542. The average Bonchev–Trinajstić information content (AvgIpc) is 2.01. The van der Waals surface area contributed by atoms with Crippen LogP contribution >= 0.6 is 0 Å². The lowest BCUT2D eigenvalue weighted by Gasteiger charge is -2.17. The number of nitrogens with zero attached hydrogens (tertiary/aromatic N) is 2. The van der Waals surface area contributed by atoms with Crippen LogP contribution in [0, 0.1) is 5.92 Å². The van der Waals surface area contributed by atoms with Gasteiger partial charge in [-0.05, 0) is 38.5 Å². The molecule has 0 heterocycles. The van der Waals surface area contributed by atoms with Crippen molar-refractivity contribution < 1.29 is 0 Å². The van der Waals surface area contributed by atoms with Crippen LogP contribution in [0.4, 0.5) is 0 Å². The van der Waals surface area contributed by atoms with E-state index in [1.807, 2.05) is 0 Å². The van der Waals surface area contributed by atoms with Crippen molar-refractivity contribution in [3.63, 3.8) is 0 Å². The predicted octanol–water partition coefficient (Wildman–Crippen LogP) is 1.93. The number of amidine groups is 1. The minimum Gasteiger partial charge on any atom is -0.386 e. The molecule has 3 heteroatoms. The van der Waals surface area contributed by atoms with Crippen LogP contribution < -0.4 is 5.73 Å². The van der Waals surface area contributed by atoms with Crippen molar-refractivity contribution in [1.29, 1.82) is 0 Å². The normalized spacial score (nSPS) is 29.3. The lowest BCUT2D eigenvalue weighted by Crippen LogP contribution is -2.13. The Balaban J connectivity index is 2.51. The summed E-state index contributed by atoms with van der Waals surface area (Å²) in [4.78, 5) is 0. The van der Waals surface area contributed by atoms with E-state index in [2.05, 4.69) is 17.1 Å². The molecule has 0 bridgehead atoms. The van der Waals surface area contributed by atoms with E-state index >= 15 is 0 Å². The third kappa shape index (κ3) is 3.03. The fraction of sp³-hybridized carbons (Fsp3) is 0.778. The molecule has 3 nitrogen and oxygen atoms in total. The molecule has 68 valence electrons. The summed E-state index contributed by atoms with van der Waals surface area (Å²) in [6.07, 6.45) is 4.77. The second kappa shape index (κ2) is 4.24. The summed E-state index contributed by atoms with van der Waals surface area (Å²) >= 11 is 0. The van der Waals surface area contributed by atoms with Gasteiger partial charge in [-0.25, -0.2) is 0 Å². The number of rotatable bonds is 1. The molecule has 1 atom stereocenters. The van der Waals surface area contributed by atoms with Gasteiger partial charge in [-0.3, -0.25) is 0 Å². The van der Waals surface area contributed by atoms with Crippen LogP contribution in [0.25, 0.3) is 0 Å². The van der Waals surface area contributed by atoms with Crippen molar-refractivity contribution in [2.75, 3.05) is 0 Å². The summed E-state index contributed by atoms with van der Waals surface area (Å²) in [5, 5.41) is 7.98. The Morgan fingerprint density at radius 3 is 2.92 bits per heavy atom. The molecule has 1 unspecified atom stereocenters. The molecule has 1 aliphatic carbocycles. The van der Waals surface area contributed by atoms with Crippen molar-refractivity contribution in [2.24, 2.45) is 21.9 Å². The maximum atomic E-state index is 5.39. The SMILES string of the molecule is C/C(N)=N/N=C1\CCCC(C)C1. The summed E-state index contributed by atoms with van der Waals surface area (Å²) in [6, 6.07) is 0. The molecule has 0 saturated heterocycles. The highest BCUT2D eigenvalue weighted by molar-refractivity contribution is 5.86. The van der Waals surface area contributed by atoms with Gasteiger partial charge in [0.15, 0.2) is 0 Å². The lowest BCUT2D eigenvalue weighted by atomic mass is 9.89. The second-order valence-electron chi connectivity index (χ2n) is 3.61. The molecule has 0 aliphatic heterocycles. The molecule has 0 aromatic carbocycles. The third-order valence-corrected chi connectivity index (χ3v) is 2.10. The molecular formula is C9H17N3. The Morgan fingerprint density at radius 2 is 2.33 bits per heavy atom. The molecule has 2 N–H and O–H groups in total. The molecule has 1 fully saturated rings. The molecule has 0 spiro atoms. The Kier molecular flexibility index (Phi) is 3.26. The largest absolute Gasteiger partial charge is 0.386 e. The van der Waals surface area contributed by atoms with Gasteiger partial charge in [0.1, 0.15) is 5.84 Å². The van der Waals surface area contributed by atoms with Crippen LogP contribution in [0.15, 0.2) is 10.2 Å². The maximum Gasteiger partial charge on any atom is 0.119 e. The number of nitrogens with two attached hydrogens (primary N) is 1. The van der Waals surface area contributed by atoms with E-state index < -0.39 is 0 Å². The molecule has 0 radical (unpaired) electrons. The number of hydrogen-bond acceptors (Lipinski definition) is 2. The van der Waals surface area contributed by atoms with Gasteiger partial charge in [-0.2, -0.15) is 5.10 Å². The first-order valence-corrected chi connectivity index (χ1v) is 4.54. The average molecular weight is 167 g/mol. The van der Waals surface area contributed by atoms with Gasteiger partial charge in [0.05, 0.1) is 0 Å². The van der Waals surface area contributed by atoms with Gasteiger partial charge in [-0.1, -0.05) is 6.92 Å². The highest BCUT2D eigenvalue weighted by Gasteiger charge is 2.13. The smallest absolute Gasteiger partial charge is 0.119 e. The monoisotopic (exact) mass is 167 g/mol. The third-order valence-electron chi connectivity index (χ3n) is 2.10. The second-order valence-corrected chi connectivity index (χ2v) is 3.61. The fourth-order valence-corrected chi connectivity index (χ4v) is 1.50. The highest BCUT2D eigenvalue weighted by Crippen LogP contribution is 2.21. The van der Waals surface area contributed by atoms with Gasteiger partial charge in [0.2, 0.25) is 0 Å². The van der Waals surface area contributed by atoms with Crippen LogP contribution in [0.2, 0.25) is 0 Å². The molecule has 0 aromatic heterocycles. The quantitative estimate of drug-likeness (QED) is 0.362. The first-order valence-electron chi connectivity index (χ1n) is 4.54. The molecule has 12 heavy (non-hydrogen) atoms. The van der Waals surface area contributed by atoms with Gasteiger partial charge in [-0.15, -0.1) is 5.10 Å². The molecule has 1 rings (SSSR count). The van der Waals surface area contributed by atoms with Crippen molar-refractivity contribution in [1.82, 2.24) is 0 Å². The summed E-state index contributed by atoms with van der Waals surface area (Å²) in [6.45, 7) is 4.02. The van der Waals surface area contributed by atoms with E-state index in [0.29, 0.717) is 5.84 Å². The fourth-order valence-electron chi connectivity index (χ4n) is 1.50. The Hall–Kier alpha value is -0.860. The molecule has 1 aliphatic rings. The standard InChI is InChI=1S/C9H17N3/c1-7-4-3-5-9(6-7)12-11-8(2)10/h7H,3-6H2,1-2H3,(H2,10,11)/b12-9+. The van der Waals surface area contributed by atoms with E-state index in [-0.39, 0.29) is 0 Å². The maximum absolute atomic E-state index is 5.39. The summed E-state index contributed by atoms with van der Waals surface area (Å²) in [5.41, 5.74) is 6.59. The summed E-state index contributed by atoms with van der Waals surface area (Å²) in [5.74, 6) is 1.31. The Labute approximate surface area is 73.8 Å². The van der Waals surface area contributed by atoms with Crippen molar-refractivity contribution >= 4 is 11.5 Å². The summed E-state index contributed by atoms with van der Waals surface area (Å²) in [7, 11) is 0. The van der Waals surface area contributed by atoms with E-state index in [1.54, 1.807) is 6.92 Å². The van der Waals surface area contributed by atoms with Crippen molar-refractivity contribution in [3.05, 3.63) is 0 Å². The zero-order chi connectivity index (χ0) is 8.97. The van der Waals surface area contributed by atoms with Crippen LogP contribution in [-0.2, 0) is 0 Å². The minimum atomic E-state index is 0.542. The van der Waals surface area contributed by atoms with Gasteiger partial charge < -0.3 is 5.73 Å². The zero-order valence-corrected chi connectivity index (χ0v) is 7.88. The van der Waals surface area contributed by atoms with Gasteiger partial charge in [0.25, 0.3) is 0 Å². The van der Waals surface area contributed by atoms with Crippen LogP contribution in [0.1, 0.15) is 39.5 Å². The Bertz CT molecular complexity index is 202. The van der Waals surface area contributed by atoms with Gasteiger partial charge in [0, 0.05) is 5.71 Å². The van der Waals surface area contributed by atoms with Crippen molar-refractivity contribution in [2.45, 2.75) is 39.5 Å². The molecule has 0 amide bonds. The lowest BCUT2D eigenvalue weighted by molar-refractivity contribution is 0.499. The van der Waals surface area contributed by atoms with E-state index in [1.165, 1.54) is 18.6 Å². The van der Waals surface area contributed by atoms with E-state index in [0.717, 1.165) is 18.8 Å². The molecular weight excluding hydrogens is 150 g/mol. The zero-order valence-electron chi connectivity index (χ0n) is 7.88. The number of hydrogen-bond donors (Lipinski definition) is 1. The topological polar surface area (TPSA) is 50.7 Å². The first-order chi connectivity index (χ1) is 5.68.